The Hall–Kier alpha value is -2.47. The van der Waals surface area contributed by atoms with Crippen molar-refractivity contribution in [3.05, 3.63) is 65.7 Å². The summed E-state index contributed by atoms with van der Waals surface area (Å²) in [4.78, 5) is 11.6. The number of aliphatic hydroxyl groups is 1. The standard InChI is InChI=1S/C16H15F2NO3/c17-12-7-4-8-13(18)16(12)14(20)9-19-15(21)10-22-11-5-2-1-3-6-11/h1-8,14,20H,9-10H2,(H,19,21). The van der Waals surface area contributed by atoms with Crippen molar-refractivity contribution in [2.45, 2.75) is 6.10 Å². The number of hydrogen-bond acceptors (Lipinski definition) is 3. The minimum Gasteiger partial charge on any atom is -0.484 e. The predicted molar refractivity (Wildman–Crippen MR) is 76.3 cm³/mol. The lowest BCUT2D eigenvalue weighted by molar-refractivity contribution is -0.123. The van der Waals surface area contributed by atoms with Crippen LogP contribution in [0.5, 0.6) is 5.75 Å². The van der Waals surface area contributed by atoms with Crippen LogP contribution in [0.3, 0.4) is 0 Å². The fraction of sp³-hybridized carbons (Fsp3) is 0.188. The molecule has 116 valence electrons. The molecule has 22 heavy (non-hydrogen) atoms. The van der Waals surface area contributed by atoms with Crippen molar-refractivity contribution in [2.24, 2.45) is 0 Å². The van der Waals surface area contributed by atoms with Crippen LogP contribution in [0.15, 0.2) is 48.5 Å². The molecule has 0 fully saturated rings. The monoisotopic (exact) mass is 307 g/mol. The average Bonchev–Trinajstić information content (AvgIpc) is 2.52. The lowest BCUT2D eigenvalue weighted by atomic mass is 10.1. The summed E-state index contributed by atoms with van der Waals surface area (Å²) in [7, 11) is 0. The van der Waals surface area contributed by atoms with Crippen molar-refractivity contribution < 1.29 is 23.4 Å². The molecule has 2 N–H and O–H groups in total. The van der Waals surface area contributed by atoms with Crippen LogP contribution in [0.4, 0.5) is 8.78 Å². The number of carbonyl (C=O) groups is 1. The number of benzene rings is 2. The minimum atomic E-state index is -1.47. The molecule has 1 amide bonds. The molecule has 0 heterocycles. The summed E-state index contributed by atoms with van der Waals surface area (Å²) >= 11 is 0. The minimum absolute atomic E-state index is 0.253. The van der Waals surface area contributed by atoms with Crippen LogP contribution in [-0.2, 0) is 4.79 Å². The number of amides is 1. The van der Waals surface area contributed by atoms with E-state index in [0.29, 0.717) is 5.75 Å². The zero-order chi connectivity index (χ0) is 15.9. The molecule has 0 aliphatic heterocycles. The first-order chi connectivity index (χ1) is 10.6. The lowest BCUT2D eigenvalue weighted by Gasteiger charge is -2.14. The second kappa shape index (κ2) is 7.51. The van der Waals surface area contributed by atoms with Crippen LogP contribution in [0, 0.1) is 11.6 Å². The summed E-state index contributed by atoms with van der Waals surface area (Å²) in [6.07, 6.45) is -1.47. The average molecular weight is 307 g/mol. The van der Waals surface area contributed by atoms with E-state index < -0.39 is 29.2 Å². The van der Waals surface area contributed by atoms with Gasteiger partial charge in [0.2, 0.25) is 0 Å². The molecule has 4 nitrogen and oxygen atoms in total. The highest BCUT2D eigenvalue weighted by atomic mass is 19.1. The number of ether oxygens (including phenoxy) is 1. The summed E-state index contributed by atoms with van der Waals surface area (Å²) in [6.45, 7) is -0.564. The van der Waals surface area contributed by atoms with Crippen LogP contribution in [-0.4, -0.2) is 24.2 Å². The molecule has 0 saturated heterocycles. The third kappa shape index (κ3) is 4.26. The molecule has 0 aliphatic carbocycles. The zero-order valence-corrected chi connectivity index (χ0v) is 11.6. The van der Waals surface area contributed by atoms with Crippen molar-refractivity contribution in [2.75, 3.05) is 13.2 Å². The summed E-state index contributed by atoms with van der Waals surface area (Å²) in [5.41, 5.74) is -0.466. The SMILES string of the molecule is O=C(COc1ccccc1)NCC(O)c1c(F)cccc1F. The van der Waals surface area contributed by atoms with Gasteiger partial charge < -0.3 is 15.2 Å². The Bertz CT molecular complexity index is 614. The Morgan fingerprint density at radius 3 is 2.36 bits per heavy atom. The zero-order valence-electron chi connectivity index (χ0n) is 11.6. The van der Waals surface area contributed by atoms with E-state index in [-0.39, 0.29) is 13.2 Å². The van der Waals surface area contributed by atoms with Gasteiger partial charge in [-0.1, -0.05) is 24.3 Å². The summed E-state index contributed by atoms with van der Waals surface area (Å²) in [5, 5.41) is 12.1. The number of nitrogens with one attached hydrogen (secondary N) is 1. The molecule has 0 bridgehead atoms. The quantitative estimate of drug-likeness (QED) is 0.860. The van der Waals surface area contributed by atoms with Gasteiger partial charge in [0.15, 0.2) is 6.61 Å². The van der Waals surface area contributed by atoms with E-state index in [1.165, 1.54) is 6.07 Å². The van der Waals surface area contributed by atoms with Crippen LogP contribution >= 0.6 is 0 Å². The maximum atomic E-state index is 13.5. The first-order valence-electron chi connectivity index (χ1n) is 6.64. The molecule has 1 atom stereocenters. The maximum Gasteiger partial charge on any atom is 0.258 e. The lowest BCUT2D eigenvalue weighted by Crippen LogP contribution is -2.32. The molecule has 1 unspecified atom stereocenters. The Kier molecular flexibility index (Phi) is 5.43. The van der Waals surface area contributed by atoms with Gasteiger partial charge in [-0.2, -0.15) is 0 Å². The fourth-order valence-electron chi connectivity index (χ4n) is 1.86. The van der Waals surface area contributed by atoms with Crippen LogP contribution in [0.1, 0.15) is 11.7 Å². The van der Waals surface area contributed by atoms with E-state index in [2.05, 4.69) is 5.32 Å². The molecule has 2 aromatic rings. The smallest absolute Gasteiger partial charge is 0.258 e. The van der Waals surface area contributed by atoms with E-state index in [1.807, 2.05) is 6.07 Å². The van der Waals surface area contributed by atoms with Crippen molar-refractivity contribution >= 4 is 5.91 Å². The number of halogens is 2. The Morgan fingerprint density at radius 2 is 1.73 bits per heavy atom. The van der Waals surface area contributed by atoms with E-state index in [0.717, 1.165) is 12.1 Å². The molecule has 2 rings (SSSR count). The van der Waals surface area contributed by atoms with Crippen LogP contribution in [0.2, 0.25) is 0 Å². The highest BCUT2D eigenvalue weighted by molar-refractivity contribution is 5.77. The highest BCUT2D eigenvalue weighted by Crippen LogP contribution is 2.19. The van der Waals surface area contributed by atoms with Crippen molar-refractivity contribution in [1.82, 2.24) is 5.32 Å². The molecule has 0 radical (unpaired) electrons. The van der Waals surface area contributed by atoms with Gasteiger partial charge in [-0.15, -0.1) is 0 Å². The maximum absolute atomic E-state index is 13.5. The molecular formula is C16H15F2NO3. The predicted octanol–water partition coefficient (Wildman–Crippen LogP) is 2.19. The number of hydrogen-bond donors (Lipinski definition) is 2. The van der Waals surface area contributed by atoms with Crippen molar-refractivity contribution in [3.8, 4) is 5.75 Å². The largest absolute Gasteiger partial charge is 0.484 e. The van der Waals surface area contributed by atoms with Crippen LogP contribution in [0.25, 0.3) is 0 Å². The Labute approximate surface area is 126 Å². The number of aliphatic hydroxyl groups excluding tert-OH is 1. The number of carbonyl (C=O) groups excluding carboxylic acids is 1. The van der Waals surface area contributed by atoms with Gasteiger partial charge in [-0.25, -0.2) is 8.78 Å². The highest BCUT2D eigenvalue weighted by Gasteiger charge is 2.18. The second-order valence-electron chi connectivity index (χ2n) is 4.56. The summed E-state index contributed by atoms with van der Waals surface area (Å²) < 4.78 is 32.1. The normalized spacial score (nSPS) is 11.8. The number of para-hydroxylation sites is 1. The van der Waals surface area contributed by atoms with Crippen LogP contribution < -0.4 is 10.1 Å². The molecule has 0 aromatic heterocycles. The topological polar surface area (TPSA) is 58.6 Å². The molecule has 0 saturated carbocycles. The third-order valence-corrected chi connectivity index (χ3v) is 2.94. The first-order valence-corrected chi connectivity index (χ1v) is 6.64. The second-order valence-corrected chi connectivity index (χ2v) is 4.56. The van der Waals surface area contributed by atoms with Gasteiger partial charge in [0.25, 0.3) is 5.91 Å². The van der Waals surface area contributed by atoms with Crippen molar-refractivity contribution in [1.29, 1.82) is 0 Å². The number of rotatable bonds is 6. The molecule has 0 aliphatic rings. The molecule has 6 heteroatoms. The Morgan fingerprint density at radius 1 is 1.09 bits per heavy atom. The van der Waals surface area contributed by atoms with Crippen molar-refractivity contribution in [3.63, 3.8) is 0 Å². The summed E-state index contributed by atoms with van der Waals surface area (Å²) in [6, 6.07) is 12.0. The van der Waals surface area contributed by atoms with Gasteiger partial charge in [0.05, 0.1) is 5.56 Å². The Balaban J connectivity index is 1.83. The van der Waals surface area contributed by atoms with Gasteiger partial charge in [0.1, 0.15) is 23.5 Å². The van der Waals surface area contributed by atoms with Gasteiger partial charge in [0, 0.05) is 6.54 Å². The molecule has 0 spiro atoms. The van der Waals surface area contributed by atoms with Gasteiger partial charge in [-0.05, 0) is 24.3 Å². The molecular weight excluding hydrogens is 292 g/mol. The van der Waals surface area contributed by atoms with Gasteiger partial charge >= 0.3 is 0 Å². The van der Waals surface area contributed by atoms with E-state index in [9.17, 15) is 18.7 Å². The fourth-order valence-corrected chi connectivity index (χ4v) is 1.86. The van der Waals surface area contributed by atoms with E-state index in [4.69, 9.17) is 4.74 Å². The van der Waals surface area contributed by atoms with E-state index in [1.54, 1.807) is 24.3 Å². The first kappa shape index (κ1) is 15.9. The summed E-state index contributed by atoms with van der Waals surface area (Å²) in [5.74, 6) is -1.69. The third-order valence-electron chi connectivity index (χ3n) is 2.94. The molecule has 2 aromatic carbocycles. The van der Waals surface area contributed by atoms with E-state index >= 15 is 0 Å². The van der Waals surface area contributed by atoms with Gasteiger partial charge in [-0.3, -0.25) is 4.79 Å².